The first-order chi connectivity index (χ1) is 7.83. The van der Waals surface area contributed by atoms with Gasteiger partial charge in [0.25, 0.3) is 0 Å². The Kier molecular flexibility index (Phi) is 4.18. The van der Waals surface area contributed by atoms with E-state index in [4.69, 9.17) is 0 Å². The minimum Gasteiger partial charge on any atom is -0.322 e. The van der Waals surface area contributed by atoms with Gasteiger partial charge in [-0.15, -0.1) is 0 Å². The first-order valence-corrected chi connectivity index (χ1v) is 7.59. The Morgan fingerprint density at radius 2 is 2.06 bits per heavy atom. The third kappa shape index (κ3) is 2.55. The van der Waals surface area contributed by atoms with Crippen LogP contribution in [0.25, 0.3) is 11.0 Å². The molecular formula is C12H16N2S2. The van der Waals surface area contributed by atoms with E-state index in [9.17, 15) is 0 Å². The highest BCUT2D eigenvalue weighted by Crippen LogP contribution is 2.23. The molecule has 0 amide bonds. The summed E-state index contributed by atoms with van der Waals surface area (Å²) in [5.41, 5.74) is 2.31. The number of imidazole rings is 1. The van der Waals surface area contributed by atoms with Crippen molar-refractivity contribution in [2.24, 2.45) is 7.05 Å². The number of aryl methyl sites for hydroxylation is 1. The molecule has 0 radical (unpaired) electrons. The van der Waals surface area contributed by atoms with Crippen LogP contribution < -0.4 is 0 Å². The van der Waals surface area contributed by atoms with Gasteiger partial charge in [-0.2, -0.15) is 11.8 Å². The van der Waals surface area contributed by atoms with E-state index in [1.54, 1.807) is 0 Å². The molecule has 2 nitrogen and oxygen atoms in total. The monoisotopic (exact) mass is 252 g/mol. The Morgan fingerprint density at radius 1 is 1.25 bits per heavy atom. The third-order valence-corrected chi connectivity index (χ3v) is 4.60. The molecule has 0 N–H and O–H groups in total. The highest BCUT2D eigenvalue weighted by molar-refractivity contribution is 8.02. The summed E-state index contributed by atoms with van der Waals surface area (Å²) in [6.07, 6.45) is 0. The zero-order valence-electron chi connectivity index (χ0n) is 9.64. The van der Waals surface area contributed by atoms with Crippen molar-refractivity contribution in [3.05, 3.63) is 24.3 Å². The summed E-state index contributed by atoms with van der Waals surface area (Å²) in [6.45, 7) is 2.20. The van der Waals surface area contributed by atoms with E-state index >= 15 is 0 Å². The van der Waals surface area contributed by atoms with Gasteiger partial charge >= 0.3 is 0 Å². The van der Waals surface area contributed by atoms with E-state index in [-0.39, 0.29) is 0 Å². The number of nitrogens with zero attached hydrogens (tertiary/aromatic N) is 2. The topological polar surface area (TPSA) is 17.8 Å². The van der Waals surface area contributed by atoms with E-state index in [0.717, 1.165) is 16.4 Å². The molecule has 1 heterocycles. The van der Waals surface area contributed by atoms with Gasteiger partial charge in [-0.1, -0.05) is 30.8 Å². The number of hydrogen-bond acceptors (Lipinski definition) is 3. The van der Waals surface area contributed by atoms with Crippen LogP contribution in [0, 0.1) is 0 Å². The second kappa shape index (κ2) is 5.64. The molecule has 16 heavy (non-hydrogen) atoms. The average Bonchev–Trinajstić information content (AvgIpc) is 2.63. The van der Waals surface area contributed by atoms with Crippen LogP contribution in [0.2, 0.25) is 0 Å². The summed E-state index contributed by atoms with van der Waals surface area (Å²) in [6, 6.07) is 8.29. The summed E-state index contributed by atoms with van der Waals surface area (Å²) >= 11 is 3.83. The lowest BCUT2D eigenvalue weighted by Crippen LogP contribution is -1.92. The second-order valence-corrected chi connectivity index (χ2v) is 5.94. The first-order valence-electron chi connectivity index (χ1n) is 5.45. The van der Waals surface area contributed by atoms with Gasteiger partial charge in [-0.05, 0) is 17.9 Å². The summed E-state index contributed by atoms with van der Waals surface area (Å²) in [4.78, 5) is 4.63. The normalized spacial score (nSPS) is 11.1. The summed E-state index contributed by atoms with van der Waals surface area (Å²) in [5.74, 6) is 3.53. The maximum Gasteiger partial charge on any atom is 0.168 e. The fraction of sp³-hybridized carbons (Fsp3) is 0.417. The van der Waals surface area contributed by atoms with E-state index in [1.165, 1.54) is 17.0 Å². The average molecular weight is 252 g/mol. The maximum atomic E-state index is 4.63. The Bertz CT molecular complexity index is 465. The number of benzene rings is 1. The number of para-hydroxylation sites is 2. The molecule has 0 saturated carbocycles. The second-order valence-electron chi connectivity index (χ2n) is 3.49. The number of fused-ring (bicyclic) bond motifs is 1. The van der Waals surface area contributed by atoms with Gasteiger partial charge in [0.1, 0.15) is 0 Å². The van der Waals surface area contributed by atoms with E-state index in [0.29, 0.717) is 0 Å². The quantitative estimate of drug-likeness (QED) is 0.600. The van der Waals surface area contributed by atoms with Gasteiger partial charge in [-0.3, -0.25) is 0 Å². The molecule has 2 rings (SSSR count). The van der Waals surface area contributed by atoms with Crippen LogP contribution in [0.15, 0.2) is 29.4 Å². The molecular weight excluding hydrogens is 236 g/mol. The van der Waals surface area contributed by atoms with Crippen LogP contribution in [-0.2, 0) is 7.05 Å². The van der Waals surface area contributed by atoms with Crippen molar-refractivity contribution in [2.45, 2.75) is 12.1 Å². The van der Waals surface area contributed by atoms with Crippen molar-refractivity contribution in [2.75, 3.05) is 17.3 Å². The molecule has 0 aliphatic rings. The Balaban J connectivity index is 2.09. The number of rotatable bonds is 5. The Hall–Kier alpha value is -0.610. The predicted molar refractivity (Wildman–Crippen MR) is 74.4 cm³/mol. The molecule has 0 bridgehead atoms. The van der Waals surface area contributed by atoms with Crippen LogP contribution in [-0.4, -0.2) is 26.8 Å². The summed E-state index contributed by atoms with van der Waals surface area (Å²) in [7, 11) is 2.09. The minimum absolute atomic E-state index is 1.09. The van der Waals surface area contributed by atoms with Gasteiger partial charge in [0.15, 0.2) is 5.16 Å². The molecule has 0 fully saturated rings. The van der Waals surface area contributed by atoms with Crippen molar-refractivity contribution < 1.29 is 0 Å². The Morgan fingerprint density at radius 3 is 2.81 bits per heavy atom. The lowest BCUT2D eigenvalue weighted by molar-refractivity contribution is 0.815. The van der Waals surface area contributed by atoms with Crippen molar-refractivity contribution in [1.82, 2.24) is 9.55 Å². The lowest BCUT2D eigenvalue weighted by atomic mass is 10.3. The lowest BCUT2D eigenvalue weighted by Gasteiger charge is -2.01. The zero-order valence-corrected chi connectivity index (χ0v) is 11.3. The molecule has 0 saturated heterocycles. The molecule has 86 valence electrons. The van der Waals surface area contributed by atoms with Crippen molar-refractivity contribution in [3.8, 4) is 0 Å². The summed E-state index contributed by atoms with van der Waals surface area (Å²) in [5, 5.41) is 1.12. The van der Waals surface area contributed by atoms with Crippen LogP contribution in [0.5, 0.6) is 0 Å². The smallest absolute Gasteiger partial charge is 0.168 e. The van der Waals surface area contributed by atoms with Gasteiger partial charge < -0.3 is 4.57 Å². The molecule has 1 aromatic carbocycles. The molecule has 0 atom stereocenters. The standard InChI is InChI=1S/C12H16N2S2/c1-3-15-8-9-16-12-13-10-6-4-5-7-11(10)14(12)2/h4-7H,3,8-9H2,1-2H3. The molecule has 4 heteroatoms. The van der Waals surface area contributed by atoms with Crippen LogP contribution in [0.4, 0.5) is 0 Å². The predicted octanol–water partition coefficient (Wildman–Crippen LogP) is 3.42. The van der Waals surface area contributed by atoms with Crippen molar-refractivity contribution in [3.63, 3.8) is 0 Å². The first kappa shape index (κ1) is 11.9. The molecule has 2 aromatic rings. The van der Waals surface area contributed by atoms with Crippen LogP contribution in [0.1, 0.15) is 6.92 Å². The van der Waals surface area contributed by atoms with Gasteiger partial charge in [0.05, 0.1) is 11.0 Å². The summed E-state index contributed by atoms with van der Waals surface area (Å²) < 4.78 is 2.18. The fourth-order valence-electron chi connectivity index (χ4n) is 1.59. The molecule has 0 aliphatic carbocycles. The molecule has 0 aliphatic heterocycles. The van der Waals surface area contributed by atoms with Crippen LogP contribution in [0.3, 0.4) is 0 Å². The van der Waals surface area contributed by atoms with E-state index < -0.39 is 0 Å². The molecule has 1 aromatic heterocycles. The van der Waals surface area contributed by atoms with E-state index in [1.807, 2.05) is 29.6 Å². The SMILES string of the molecule is CCSCCSc1nc2ccccc2n1C. The minimum atomic E-state index is 1.09. The molecule has 0 spiro atoms. The maximum absolute atomic E-state index is 4.63. The van der Waals surface area contributed by atoms with Crippen LogP contribution >= 0.6 is 23.5 Å². The van der Waals surface area contributed by atoms with Crippen molar-refractivity contribution >= 4 is 34.6 Å². The molecule has 0 unspecified atom stereocenters. The number of thioether (sulfide) groups is 2. The largest absolute Gasteiger partial charge is 0.322 e. The van der Waals surface area contributed by atoms with Gasteiger partial charge in [0, 0.05) is 18.6 Å². The van der Waals surface area contributed by atoms with E-state index in [2.05, 4.69) is 41.7 Å². The fourth-order valence-corrected chi connectivity index (χ4v) is 3.32. The highest BCUT2D eigenvalue weighted by Gasteiger charge is 2.06. The Labute approximate surface area is 105 Å². The van der Waals surface area contributed by atoms with Crippen molar-refractivity contribution in [1.29, 1.82) is 0 Å². The van der Waals surface area contributed by atoms with Gasteiger partial charge in [0.2, 0.25) is 0 Å². The third-order valence-electron chi connectivity index (χ3n) is 2.41. The van der Waals surface area contributed by atoms with Gasteiger partial charge in [-0.25, -0.2) is 4.98 Å². The zero-order chi connectivity index (χ0) is 11.4. The number of aromatic nitrogens is 2. The highest BCUT2D eigenvalue weighted by atomic mass is 32.2. The number of hydrogen-bond donors (Lipinski definition) is 0.